The third-order valence-corrected chi connectivity index (χ3v) is 5.34. The van der Waals surface area contributed by atoms with Crippen molar-refractivity contribution in [3.63, 3.8) is 0 Å². The van der Waals surface area contributed by atoms with E-state index in [9.17, 15) is 0 Å². The first-order valence-electron chi connectivity index (χ1n) is 9.40. The maximum absolute atomic E-state index is 4.56. The van der Waals surface area contributed by atoms with Crippen LogP contribution in [0.5, 0.6) is 0 Å². The molecule has 2 heterocycles. The van der Waals surface area contributed by atoms with Gasteiger partial charge in [-0.05, 0) is 37.7 Å². The summed E-state index contributed by atoms with van der Waals surface area (Å²) in [6.07, 6.45) is 10.5. The van der Waals surface area contributed by atoms with E-state index in [0.29, 0.717) is 6.04 Å². The third kappa shape index (κ3) is 4.05. The van der Waals surface area contributed by atoms with Crippen molar-refractivity contribution >= 4 is 0 Å². The molecule has 0 radical (unpaired) electrons. The second-order valence-corrected chi connectivity index (χ2v) is 7.22. The van der Waals surface area contributed by atoms with Crippen LogP contribution in [0.15, 0.2) is 42.7 Å². The number of hydrogen-bond donors (Lipinski definition) is 1. The Kier molecular flexibility index (Phi) is 4.95. The van der Waals surface area contributed by atoms with Crippen LogP contribution in [-0.2, 0) is 19.5 Å². The number of aryl methyl sites for hydroxylation is 2. The lowest BCUT2D eigenvalue weighted by Crippen LogP contribution is -2.33. The van der Waals surface area contributed by atoms with Crippen LogP contribution in [0, 0.1) is 0 Å². The van der Waals surface area contributed by atoms with E-state index in [1.54, 1.807) is 0 Å². The van der Waals surface area contributed by atoms with Gasteiger partial charge in [-0.25, -0.2) is 4.98 Å². The zero-order valence-electron chi connectivity index (χ0n) is 14.4. The van der Waals surface area contributed by atoms with Gasteiger partial charge in [0, 0.05) is 44.1 Å². The number of benzene rings is 1. The minimum absolute atomic E-state index is 0.639. The maximum atomic E-state index is 4.56. The Morgan fingerprint density at radius 2 is 2.00 bits per heavy atom. The molecule has 1 aromatic heterocycles. The SMILES string of the molecule is c1ccc(CCCn2ccnc2CNC2CCN(C3CC3)C2)cc1. The Morgan fingerprint density at radius 1 is 1.12 bits per heavy atom. The molecule has 1 atom stereocenters. The van der Waals surface area contributed by atoms with Crippen LogP contribution >= 0.6 is 0 Å². The lowest BCUT2D eigenvalue weighted by molar-refractivity contribution is 0.316. The minimum atomic E-state index is 0.639. The number of aromatic nitrogens is 2. The molecule has 2 aromatic rings. The Morgan fingerprint density at radius 3 is 2.83 bits per heavy atom. The Bertz CT molecular complexity index is 632. The molecule has 4 heteroatoms. The number of nitrogens with one attached hydrogen (secondary N) is 1. The molecule has 2 fully saturated rings. The molecule has 0 bridgehead atoms. The van der Waals surface area contributed by atoms with Crippen molar-refractivity contribution in [2.75, 3.05) is 13.1 Å². The fraction of sp³-hybridized carbons (Fsp3) is 0.550. The molecule has 4 rings (SSSR count). The van der Waals surface area contributed by atoms with Gasteiger partial charge in [-0.1, -0.05) is 30.3 Å². The first-order valence-corrected chi connectivity index (χ1v) is 9.40. The molecule has 1 saturated heterocycles. The molecule has 1 unspecified atom stereocenters. The van der Waals surface area contributed by atoms with Crippen molar-refractivity contribution in [1.82, 2.24) is 19.8 Å². The standard InChI is InChI=1S/C20H28N4/c1-2-5-17(6-3-1)7-4-12-23-14-11-21-20(23)15-22-18-10-13-24(16-18)19-8-9-19/h1-3,5-6,11,14,18-19,22H,4,7-10,12-13,15-16H2. The summed E-state index contributed by atoms with van der Waals surface area (Å²) in [5, 5.41) is 3.72. The van der Waals surface area contributed by atoms with Crippen LogP contribution in [0.1, 0.15) is 37.1 Å². The first-order chi connectivity index (χ1) is 11.9. The van der Waals surface area contributed by atoms with Crippen molar-refractivity contribution in [3.8, 4) is 0 Å². The van der Waals surface area contributed by atoms with E-state index in [0.717, 1.165) is 32.0 Å². The van der Waals surface area contributed by atoms with Crippen LogP contribution < -0.4 is 5.32 Å². The molecule has 128 valence electrons. The quantitative estimate of drug-likeness (QED) is 0.810. The summed E-state index contributed by atoms with van der Waals surface area (Å²) in [6, 6.07) is 12.3. The molecule has 4 nitrogen and oxygen atoms in total. The average Bonchev–Trinajstić information content (AvgIpc) is 3.19. The van der Waals surface area contributed by atoms with Crippen molar-refractivity contribution in [3.05, 3.63) is 54.1 Å². The molecule has 0 spiro atoms. The first kappa shape index (κ1) is 15.9. The number of imidazole rings is 1. The Hall–Kier alpha value is -1.65. The van der Waals surface area contributed by atoms with Crippen LogP contribution in [0.4, 0.5) is 0 Å². The molecular weight excluding hydrogens is 296 g/mol. The molecule has 24 heavy (non-hydrogen) atoms. The van der Waals surface area contributed by atoms with Crippen molar-refractivity contribution < 1.29 is 0 Å². The van der Waals surface area contributed by atoms with Crippen molar-refractivity contribution in [2.24, 2.45) is 0 Å². The zero-order chi connectivity index (χ0) is 16.2. The maximum Gasteiger partial charge on any atom is 0.122 e. The van der Waals surface area contributed by atoms with E-state index < -0.39 is 0 Å². The molecule has 1 aliphatic carbocycles. The normalized spacial score (nSPS) is 21.4. The van der Waals surface area contributed by atoms with Gasteiger partial charge in [0.2, 0.25) is 0 Å². The van der Waals surface area contributed by atoms with Gasteiger partial charge in [-0.2, -0.15) is 0 Å². The highest BCUT2D eigenvalue weighted by molar-refractivity contribution is 5.14. The summed E-state index contributed by atoms with van der Waals surface area (Å²) in [5.41, 5.74) is 1.42. The zero-order valence-corrected chi connectivity index (χ0v) is 14.4. The smallest absolute Gasteiger partial charge is 0.122 e. The number of hydrogen-bond acceptors (Lipinski definition) is 3. The Balaban J connectivity index is 1.22. The van der Waals surface area contributed by atoms with Gasteiger partial charge in [0.25, 0.3) is 0 Å². The summed E-state index contributed by atoms with van der Waals surface area (Å²) in [4.78, 5) is 7.21. The fourth-order valence-electron chi connectivity index (χ4n) is 3.77. The fourth-order valence-corrected chi connectivity index (χ4v) is 3.77. The minimum Gasteiger partial charge on any atom is -0.334 e. The monoisotopic (exact) mass is 324 g/mol. The van der Waals surface area contributed by atoms with Crippen molar-refractivity contribution in [1.29, 1.82) is 0 Å². The van der Waals surface area contributed by atoms with E-state index in [1.807, 2.05) is 6.20 Å². The summed E-state index contributed by atoms with van der Waals surface area (Å²) in [5.74, 6) is 1.17. The largest absolute Gasteiger partial charge is 0.334 e. The number of likely N-dealkylation sites (tertiary alicyclic amines) is 1. The predicted molar refractivity (Wildman–Crippen MR) is 96.8 cm³/mol. The van der Waals surface area contributed by atoms with Gasteiger partial charge in [-0.15, -0.1) is 0 Å². The van der Waals surface area contributed by atoms with E-state index >= 15 is 0 Å². The van der Waals surface area contributed by atoms with Gasteiger partial charge >= 0.3 is 0 Å². The van der Waals surface area contributed by atoms with Crippen LogP contribution in [-0.4, -0.2) is 39.6 Å². The summed E-state index contributed by atoms with van der Waals surface area (Å²) >= 11 is 0. The highest BCUT2D eigenvalue weighted by Crippen LogP contribution is 2.29. The predicted octanol–water partition coefficient (Wildman–Crippen LogP) is 2.84. The number of nitrogens with zero attached hydrogens (tertiary/aromatic N) is 3. The molecule has 1 aliphatic heterocycles. The lowest BCUT2D eigenvalue weighted by Gasteiger charge is -2.16. The topological polar surface area (TPSA) is 33.1 Å². The van der Waals surface area contributed by atoms with E-state index in [1.165, 1.54) is 43.7 Å². The third-order valence-electron chi connectivity index (χ3n) is 5.34. The molecule has 0 amide bonds. The van der Waals surface area contributed by atoms with E-state index in [4.69, 9.17) is 0 Å². The average molecular weight is 324 g/mol. The van der Waals surface area contributed by atoms with E-state index in [-0.39, 0.29) is 0 Å². The van der Waals surface area contributed by atoms with Crippen LogP contribution in [0.3, 0.4) is 0 Å². The second-order valence-electron chi connectivity index (χ2n) is 7.22. The molecule has 1 aromatic carbocycles. The van der Waals surface area contributed by atoms with Gasteiger partial charge in [0.15, 0.2) is 0 Å². The highest BCUT2D eigenvalue weighted by Gasteiger charge is 2.34. The van der Waals surface area contributed by atoms with E-state index in [2.05, 4.69) is 56.3 Å². The summed E-state index contributed by atoms with van der Waals surface area (Å²) in [7, 11) is 0. The van der Waals surface area contributed by atoms with Gasteiger partial charge in [0.05, 0.1) is 6.54 Å². The Labute approximate surface area is 144 Å². The summed E-state index contributed by atoms with van der Waals surface area (Å²) in [6.45, 7) is 4.43. The van der Waals surface area contributed by atoms with Crippen LogP contribution in [0.2, 0.25) is 0 Å². The second kappa shape index (κ2) is 7.49. The van der Waals surface area contributed by atoms with Gasteiger partial charge < -0.3 is 9.88 Å². The van der Waals surface area contributed by atoms with Crippen LogP contribution in [0.25, 0.3) is 0 Å². The lowest BCUT2D eigenvalue weighted by atomic mass is 10.1. The highest BCUT2D eigenvalue weighted by atomic mass is 15.2. The summed E-state index contributed by atoms with van der Waals surface area (Å²) < 4.78 is 2.31. The van der Waals surface area contributed by atoms with Crippen molar-refractivity contribution in [2.45, 2.75) is 57.3 Å². The van der Waals surface area contributed by atoms with Gasteiger partial charge in [0.1, 0.15) is 5.82 Å². The molecule has 1 N–H and O–H groups in total. The molecular formula is C20H28N4. The number of rotatable bonds is 8. The molecule has 1 saturated carbocycles. The molecule has 2 aliphatic rings. The van der Waals surface area contributed by atoms with Gasteiger partial charge in [-0.3, -0.25) is 4.90 Å².